The Morgan fingerprint density at radius 2 is 1.45 bits per heavy atom. The summed E-state index contributed by atoms with van der Waals surface area (Å²) in [6.45, 7) is 10.1. The molecule has 1 N–H and O–H groups in total. The summed E-state index contributed by atoms with van der Waals surface area (Å²) < 4.78 is 10.9. The predicted molar refractivity (Wildman–Crippen MR) is 165 cm³/mol. The molecule has 1 heterocycles. The quantitative estimate of drug-likeness (QED) is 0.382. The van der Waals surface area contributed by atoms with Gasteiger partial charge in [-0.25, -0.2) is 0 Å². The van der Waals surface area contributed by atoms with Gasteiger partial charge < -0.3 is 19.5 Å². The van der Waals surface area contributed by atoms with Crippen LogP contribution in [-0.4, -0.2) is 86.3 Å². The van der Waals surface area contributed by atoms with Gasteiger partial charge in [0.2, 0.25) is 5.91 Å². The van der Waals surface area contributed by atoms with Crippen molar-refractivity contribution in [3.63, 3.8) is 0 Å². The number of aliphatic hydroxyl groups is 1. The molecule has 1 aliphatic rings. The van der Waals surface area contributed by atoms with Crippen LogP contribution in [0.15, 0.2) is 60.7 Å². The van der Waals surface area contributed by atoms with Crippen molar-refractivity contribution in [2.75, 3.05) is 55.1 Å². The Balaban J connectivity index is 0.00000134. The number of hydrogen-bond acceptors (Lipinski definition) is 6. The average molecular weight is 552 g/mol. The normalized spacial score (nSPS) is 14.4. The first-order valence-electron chi connectivity index (χ1n) is 14.2. The van der Waals surface area contributed by atoms with Crippen molar-refractivity contribution in [3.05, 3.63) is 71.8 Å². The highest BCUT2D eigenvalue weighted by molar-refractivity contribution is 5.87. The lowest BCUT2D eigenvalue weighted by atomic mass is 9.84. The Morgan fingerprint density at radius 1 is 0.875 bits per heavy atom. The smallest absolute Gasteiger partial charge is 0.243 e. The average Bonchev–Trinajstić information content (AvgIpc) is 3.02. The van der Waals surface area contributed by atoms with Crippen LogP contribution in [0.5, 0.6) is 11.5 Å². The molecule has 0 bridgehead atoms. The molecule has 1 amide bonds. The Kier molecular flexibility index (Phi) is 13.4. The van der Waals surface area contributed by atoms with Crippen molar-refractivity contribution in [2.45, 2.75) is 52.2 Å². The molecule has 0 aliphatic carbocycles. The summed E-state index contributed by atoms with van der Waals surface area (Å²) in [5.41, 5.74) is 1.83. The molecule has 0 spiro atoms. The van der Waals surface area contributed by atoms with Crippen LogP contribution in [0.3, 0.4) is 0 Å². The first-order chi connectivity index (χ1) is 19.4. The number of aliphatic hydroxyl groups excluding tert-OH is 1. The molecule has 3 aromatic rings. The van der Waals surface area contributed by atoms with Gasteiger partial charge in [-0.2, -0.15) is 0 Å². The Morgan fingerprint density at radius 3 is 2.00 bits per heavy atom. The van der Waals surface area contributed by atoms with E-state index in [0.29, 0.717) is 6.54 Å². The lowest BCUT2D eigenvalue weighted by Crippen LogP contribution is -2.62. The molecule has 1 aliphatic heterocycles. The molecular weight excluding hydrogens is 502 g/mol. The van der Waals surface area contributed by atoms with E-state index in [1.165, 1.54) is 10.8 Å². The number of ether oxygens (including phenoxy) is 2. The molecule has 4 rings (SSSR count). The zero-order valence-corrected chi connectivity index (χ0v) is 25.7. The van der Waals surface area contributed by atoms with Gasteiger partial charge in [-0.1, -0.05) is 57.2 Å². The number of amides is 1. The van der Waals surface area contributed by atoms with Crippen molar-refractivity contribution >= 4 is 16.7 Å². The van der Waals surface area contributed by atoms with Gasteiger partial charge >= 0.3 is 0 Å². The largest absolute Gasteiger partial charge is 0.497 e. The van der Waals surface area contributed by atoms with Gasteiger partial charge in [-0.15, -0.1) is 0 Å². The van der Waals surface area contributed by atoms with Gasteiger partial charge in [0.1, 0.15) is 17.0 Å². The number of carbonyl (C=O) groups is 1. The number of likely N-dealkylation sites (tertiary alicyclic amines) is 1. The topological polar surface area (TPSA) is 65.5 Å². The molecule has 7 nitrogen and oxygen atoms in total. The zero-order valence-electron chi connectivity index (χ0n) is 25.7. The Labute approximate surface area is 241 Å². The highest BCUT2D eigenvalue weighted by atomic mass is 16.5. The van der Waals surface area contributed by atoms with Crippen LogP contribution in [-0.2, 0) is 17.9 Å². The number of nitrogens with zero attached hydrogens (tertiary/aromatic N) is 3. The molecular formula is C33H49N3O4. The number of piperidine rings is 1. The highest BCUT2D eigenvalue weighted by Gasteiger charge is 2.45. The van der Waals surface area contributed by atoms with Crippen LogP contribution in [0, 0.1) is 0 Å². The number of fused-ring (bicyclic) bond motifs is 1. The van der Waals surface area contributed by atoms with Crippen LogP contribution in [0.2, 0.25) is 0 Å². The molecule has 220 valence electrons. The van der Waals surface area contributed by atoms with Crippen LogP contribution in [0.4, 0.5) is 0 Å². The fourth-order valence-electron chi connectivity index (χ4n) is 5.40. The van der Waals surface area contributed by atoms with E-state index in [9.17, 15) is 4.79 Å². The highest BCUT2D eigenvalue weighted by Crippen LogP contribution is 2.32. The van der Waals surface area contributed by atoms with E-state index < -0.39 is 5.54 Å². The molecule has 0 saturated carbocycles. The molecule has 3 aromatic carbocycles. The van der Waals surface area contributed by atoms with Gasteiger partial charge in [-0.3, -0.25) is 14.6 Å². The van der Waals surface area contributed by atoms with E-state index in [-0.39, 0.29) is 5.91 Å². The first kappa shape index (κ1) is 33.1. The summed E-state index contributed by atoms with van der Waals surface area (Å²) in [5, 5.41) is 9.43. The van der Waals surface area contributed by atoms with E-state index in [0.717, 1.165) is 68.8 Å². The maximum atomic E-state index is 14.0. The number of rotatable bonds is 9. The van der Waals surface area contributed by atoms with E-state index in [4.69, 9.17) is 14.6 Å². The maximum absolute atomic E-state index is 14.0. The summed E-state index contributed by atoms with van der Waals surface area (Å²) in [7, 11) is 8.38. The molecule has 0 radical (unpaired) electrons. The van der Waals surface area contributed by atoms with Crippen molar-refractivity contribution in [1.82, 2.24) is 14.7 Å². The summed E-state index contributed by atoms with van der Waals surface area (Å²) >= 11 is 0. The number of benzene rings is 3. The lowest BCUT2D eigenvalue weighted by Gasteiger charge is -2.47. The molecule has 0 unspecified atom stereocenters. The number of hydrogen-bond donors (Lipinski definition) is 1. The summed E-state index contributed by atoms with van der Waals surface area (Å²) in [4.78, 5) is 20.5. The number of carbonyl (C=O) groups excluding carboxylic acids is 1. The minimum Gasteiger partial charge on any atom is -0.497 e. The van der Waals surface area contributed by atoms with Crippen LogP contribution < -0.4 is 9.47 Å². The Hall–Kier alpha value is -3.13. The monoisotopic (exact) mass is 551 g/mol. The first-order valence-corrected chi connectivity index (χ1v) is 14.2. The molecule has 40 heavy (non-hydrogen) atoms. The van der Waals surface area contributed by atoms with Crippen molar-refractivity contribution < 1.29 is 19.4 Å². The van der Waals surface area contributed by atoms with E-state index >= 15 is 0 Å². The predicted octanol–water partition coefficient (Wildman–Crippen LogP) is 5.44. The van der Waals surface area contributed by atoms with Crippen molar-refractivity contribution in [3.8, 4) is 11.5 Å². The molecule has 0 aromatic heterocycles. The third-order valence-corrected chi connectivity index (χ3v) is 7.68. The maximum Gasteiger partial charge on any atom is 0.243 e. The minimum atomic E-state index is -0.483. The number of methoxy groups -OCH3 is 2. The van der Waals surface area contributed by atoms with E-state index in [2.05, 4.69) is 78.4 Å². The summed E-state index contributed by atoms with van der Waals surface area (Å²) in [6.07, 6.45) is 1.61. The second-order valence-corrected chi connectivity index (χ2v) is 9.89. The molecule has 7 heteroatoms. The minimum absolute atomic E-state index is 0.211. The SMILES string of the molecule is CC.CCN(C)C1(C(=O)N(C)Cc2ccc3ccccc3c2)CCN(Cc2cc(OC)cc(OC)c2)CC1.CO. The Bertz CT molecular complexity index is 1170. The van der Waals surface area contributed by atoms with Crippen LogP contribution in [0.25, 0.3) is 10.8 Å². The van der Waals surface area contributed by atoms with Gasteiger partial charge in [0.25, 0.3) is 0 Å². The fourth-order valence-corrected chi connectivity index (χ4v) is 5.40. The third-order valence-electron chi connectivity index (χ3n) is 7.68. The summed E-state index contributed by atoms with van der Waals surface area (Å²) in [5.74, 6) is 1.81. The zero-order chi connectivity index (χ0) is 29.7. The fraction of sp³-hybridized carbons (Fsp3) is 0.485. The van der Waals surface area contributed by atoms with Crippen molar-refractivity contribution in [1.29, 1.82) is 0 Å². The van der Waals surface area contributed by atoms with Crippen LogP contribution >= 0.6 is 0 Å². The van der Waals surface area contributed by atoms with E-state index in [1.54, 1.807) is 14.2 Å². The second-order valence-electron chi connectivity index (χ2n) is 9.89. The van der Waals surface area contributed by atoms with Gasteiger partial charge in [-0.05, 0) is 66.5 Å². The van der Waals surface area contributed by atoms with Crippen LogP contribution in [0.1, 0.15) is 44.7 Å². The van der Waals surface area contributed by atoms with Gasteiger partial charge in [0.05, 0.1) is 14.2 Å². The summed E-state index contributed by atoms with van der Waals surface area (Å²) in [6, 6.07) is 20.8. The van der Waals surface area contributed by atoms with Gasteiger partial charge in [0.15, 0.2) is 0 Å². The molecule has 1 fully saturated rings. The van der Waals surface area contributed by atoms with Crippen molar-refractivity contribution in [2.24, 2.45) is 0 Å². The molecule has 1 saturated heterocycles. The lowest BCUT2D eigenvalue weighted by molar-refractivity contribution is -0.146. The molecule has 0 atom stereocenters. The van der Waals surface area contributed by atoms with Gasteiger partial charge in [0, 0.05) is 46.4 Å². The number of likely N-dealkylation sites (N-methyl/N-ethyl adjacent to an activating group) is 2. The third kappa shape index (κ3) is 7.96. The standard InChI is InChI=1S/C30H39N3O3.C2H6.CH4O/c1-6-32(3)30(29(34)31(2)21-23-11-12-25-9-7-8-10-26(25)17-23)13-15-33(16-14-30)22-24-18-27(35-4)20-28(19-24)36-5;2*1-2/h7-12,17-20H,6,13-16,21-22H2,1-5H3;1-2H3;2H,1H3. The van der Waals surface area contributed by atoms with E-state index in [1.807, 2.05) is 31.9 Å². The second kappa shape index (κ2) is 16.2.